The van der Waals surface area contributed by atoms with Gasteiger partial charge in [0.2, 0.25) is 0 Å². The van der Waals surface area contributed by atoms with Crippen LogP contribution in [0, 0.1) is 0 Å². The lowest BCUT2D eigenvalue weighted by Crippen LogP contribution is -2.41. The topological polar surface area (TPSA) is 84.9 Å². The van der Waals surface area contributed by atoms with Crippen LogP contribution in [0.3, 0.4) is 0 Å². The third-order valence-electron chi connectivity index (χ3n) is 2.54. The highest BCUT2D eigenvalue weighted by molar-refractivity contribution is 5.96. The van der Waals surface area contributed by atoms with E-state index >= 15 is 0 Å². The lowest BCUT2D eigenvalue weighted by molar-refractivity contribution is -0.274. The van der Waals surface area contributed by atoms with Gasteiger partial charge in [-0.25, -0.2) is 4.79 Å². The van der Waals surface area contributed by atoms with Crippen LogP contribution in [0.1, 0.15) is 16.8 Å². The van der Waals surface area contributed by atoms with E-state index < -0.39 is 30.0 Å². The SMILES string of the molecule is COCCC(NC(=O)c1cccc(OC(F)(F)F)c1)C(=O)O. The number of nitrogens with one attached hydrogen (secondary N) is 1. The Hall–Kier alpha value is -2.29. The molecule has 1 atom stereocenters. The zero-order chi connectivity index (χ0) is 16.8. The summed E-state index contributed by atoms with van der Waals surface area (Å²) in [5.74, 6) is -2.66. The summed E-state index contributed by atoms with van der Waals surface area (Å²) in [7, 11) is 1.37. The molecule has 0 aromatic heterocycles. The highest BCUT2D eigenvalue weighted by Crippen LogP contribution is 2.23. The number of carboxylic acid groups (broad SMARTS) is 1. The van der Waals surface area contributed by atoms with Crippen molar-refractivity contribution in [2.45, 2.75) is 18.8 Å². The number of ether oxygens (including phenoxy) is 2. The van der Waals surface area contributed by atoms with Crippen molar-refractivity contribution >= 4 is 11.9 Å². The fraction of sp³-hybridized carbons (Fsp3) is 0.385. The van der Waals surface area contributed by atoms with Gasteiger partial charge in [-0.05, 0) is 18.2 Å². The van der Waals surface area contributed by atoms with Crippen LogP contribution in [0.15, 0.2) is 24.3 Å². The number of rotatable bonds is 7. The summed E-state index contributed by atoms with van der Waals surface area (Å²) in [6.07, 6.45) is -4.85. The Labute approximate surface area is 123 Å². The van der Waals surface area contributed by atoms with Crippen LogP contribution in [-0.4, -0.2) is 43.1 Å². The van der Waals surface area contributed by atoms with E-state index in [9.17, 15) is 22.8 Å². The van der Waals surface area contributed by atoms with Gasteiger partial charge in [0.15, 0.2) is 0 Å². The van der Waals surface area contributed by atoms with Gasteiger partial charge in [0.25, 0.3) is 5.91 Å². The minimum atomic E-state index is -4.88. The zero-order valence-electron chi connectivity index (χ0n) is 11.5. The van der Waals surface area contributed by atoms with Gasteiger partial charge in [0.1, 0.15) is 11.8 Å². The molecular formula is C13H14F3NO5. The van der Waals surface area contributed by atoms with E-state index in [1.807, 2.05) is 0 Å². The molecule has 22 heavy (non-hydrogen) atoms. The second-order valence-corrected chi connectivity index (χ2v) is 4.22. The Morgan fingerprint density at radius 1 is 1.36 bits per heavy atom. The molecule has 0 saturated carbocycles. The molecule has 0 heterocycles. The average Bonchev–Trinajstić information content (AvgIpc) is 2.41. The molecule has 1 unspecified atom stereocenters. The summed E-state index contributed by atoms with van der Waals surface area (Å²) in [5.41, 5.74) is -0.148. The molecule has 0 spiro atoms. The number of aliphatic carboxylic acids is 1. The third-order valence-corrected chi connectivity index (χ3v) is 2.54. The predicted octanol–water partition coefficient (Wildman–Crippen LogP) is 1.80. The Morgan fingerprint density at radius 3 is 2.59 bits per heavy atom. The van der Waals surface area contributed by atoms with Crippen LogP contribution < -0.4 is 10.1 Å². The van der Waals surface area contributed by atoms with Gasteiger partial charge in [0, 0.05) is 25.7 Å². The maximum atomic E-state index is 12.1. The van der Waals surface area contributed by atoms with Crippen molar-refractivity contribution in [3.05, 3.63) is 29.8 Å². The number of carbonyl (C=O) groups is 2. The van der Waals surface area contributed by atoms with Crippen molar-refractivity contribution in [3.8, 4) is 5.75 Å². The van der Waals surface area contributed by atoms with Crippen molar-refractivity contribution in [1.29, 1.82) is 0 Å². The molecule has 0 fully saturated rings. The van der Waals surface area contributed by atoms with Gasteiger partial charge in [-0.15, -0.1) is 13.2 Å². The predicted molar refractivity (Wildman–Crippen MR) is 68.5 cm³/mol. The summed E-state index contributed by atoms with van der Waals surface area (Å²) in [6, 6.07) is 3.14. The first-order chi connectivity index (χ1) is 10.2. The second-order valence-electron chi connectivity index (χ2n) is 4.22. The Balaban J connectivity index is 2.79. The van der Waals surface area contributed by atoms with E-state index in [1.54, 1.807) is 0 Å². The zero-order valence-corrected chi connectivity index (χ0v) is 11.5. The van der Waals surface area contributed by atoms with Crippen molar-refractivity contribution in [1.82, 2.24) is 5.32 Å². The molecule has 1 aromatic carbocycles. The number of carbonyl (C=O) groups excluding carboxylic acids is 1. The van der Waals surface area contributed by atoms with Crippen LogP contribution in [0.2, 0.25) is 0 Å². The van der Waals surface area contributed by atoms with E-state index in [4.69, 9.17) is 9.84 Å². The maximum Gasteiger partial charge on any atom is 0.573 e. The molecule has 6 nitrogen and oxygen atoms in total. The highest BCUT2D eigenvalue weighted by atomic mass is 19.4. The number of amides is 1. The van der Waals surface area contributed by atoms with Crippen LogP contribution in [-0.2, 0) is 9.53 Å². The Kier molecular flexibility index (Phi) is 6.17. The van der Waals surface area contributed by atoms with Crippen molar-refractivity contribution in [2.24, 2.45) is 0 Å². The van der Waals surface area contributed by atoms with Gasteiger partial charge >= 0.3 is 12.3 Å². The summed E-state index contributed by atoms with van der Waals surface area (Å²) in [6.45, 7) is 0.106. The van der Waals surface area contributed by atoms with Crippen molar-refractivity contribution < 1.29 is 37.3 Å². The van der Waals surface area contributed by atoms with E-state index in [-0.39, 0.29) is 18.6 Å². The third kappa shape index (κ3) is 6.00. The lowest BCUT2D eigenvalue weighted by Gasteiger charge is -2.14. The minimum absolute atomic E-state index is 0.0241. The molecule has 1 aromatic rings. The number of carboxylic acids is 1. The van der Waals surface area contributed by atoms with Crippen LogP contribution >= 0.6 is 0 Å². The molecule has 1 amide bonds. The molecule has 122 valence electrons. The van der Waals surface area contributed by atoms with Crippen molar-refractivity contribution in [3.63, 3.8) is 0 Å². The normalized spacial score (nSPS) is 12.5. The molecule has 1 rings (SSSR count). The Bertz CT molecular complexity index is 533. The summed E-state index contributed by atoms with van der Waals surface area (Å²) in [5, 5.41) is 11.2. The van der Waals surface area contributed by atoms with Gasteiger partial charge < -0.3 is 19.9 Å². The lowest BCUT2D eigenvalue weighted by atomic mass is 10.1. The smallest absolute Gasteiger partial charge is 0.480 e. The quantitative estimate of drug-likeness (QED) is 0.800. The molecule has 0 aliphatic rings. The number of benzene rings is 1. The largest absolute Gasteiger partial charge is 0.573 e. The maximum absolute atomic E-state index is 12.1. The molecular weight excluding hydrogens is 307 g/mol. The van der Waals surface area contributed by atoms with Crippen LogP contribution in [0.4, 0.5) is 13.2 Å². The van der Waals surface area contributed by atoms with E-state index in [1.165, 1.54) is 19.2 Å². The van der Waals surface area contributed by atoms with Crippen LogP contribution in [0.25, 0.3) is 0 Å². The van der Waals surface area contributed by atoms with E-state index in [0.29, 0.717) is 0 Å². The fourth-order valence-corrected chi connectivity index (χ4v) is 1.57. The second kappa shape index (κ2) is 7.64. The molecule has 0 aliphatic carbocycles. The first kappa shape index (κ1) is 17.8. The highest BCUT2D eigenvalue weighted by Gasteiger charge is 2.31. The Morgan fingerprint density at radius 2 is 2.05 bits per heavy atom. The van der Waals surface area contributed by atoms with E-state index in [2.05, 4.69) is 10.1 Å². The van der Waals surface area contributed by atoms with Gasteiger partial charge in [-0.2, -0.15) is 0 Å². The first-order valence-electron chi connectivity index (χ1n) is 6.11. The summed E-state index contributed by atoms with van der Waals surface area (Å²) >= 11 is 0. The number of hydrogen-bond acceptors (Lipinski definition) is 4. The molecule has 9 heteroatoms. The van der Waals surface area contributed by atoms with Gasteiger partial charge in [-0.1, -0.05) is 6.07 Å². The fourth-order valence-electron chi connectivity index (χ4n) is 1.57. The van der Waals surface area contributed by atoms with Crippen LogP contribution in [0.5, 0.6) is 5.75 Å². The van der Waals surface area contributed by atoms with Crippen molar-refractivity contribution in [2.75, 3.05) is 13.7 Å². The minimum Gasteiger partial charge on any atom is -0.480 e. The number of alkyl halides is 3. The molecule has 0 aliphatic heterocycles. The molecule has 2 N–H and O–H groups in total. The first-order valence-corrected chi connectivity index (χ1v) is 6.11. The molecule has 0 radical (unpaired) electrons. The molecule has 0 bridgehead atoms. The monoisotopic (exact) mass is 321 g/mol. The molecule has 0 saturated heterocycles. The van der Waals surface area contributed by atoms with E-state index in [0.717, 1.165) is 12.1 Å². The number of halogens is 3. The summed E-state index contributed by atoms with van der Waals surface area (Å²) in [4.78, 5) is 22.9. The number of methoxy groups -OCH3 is 1. The standard InChI is InChI=1S/C13H14F3NO5/c1-21-6-5-10(12(19)20)17-11(18)8-3-2-4-9(7-8)22-13(14,15)16/h2-4,7,10H,5-6H2,1H3,(H,17,18)(H,19,20). The van der Waals surface area contributed by atoms with Gasteiger partial charge in [-0.3, -0.25) is 4.79 Å². The summed E-state index contributed by atoms with van der Waals surface area (Å²) < 4.78 is 44.8. The van der Waals surface area contributed by atoms with Gasteiger partial charge in [0.05, 0.1) is 0 Å². The average molecular weight is 321 g/mol. The number of hydrogen-bond donors (Lipinski definition) is 2.